The first-order valence-corrected chi connectivity index (χ1v) is 7.73. The lowest BCUT2D eigenvalue weighted by molar-refractivity contribution is -0.387. The van der Waals surface area contributed by atoms with Gasteiger partial charge in [-0.2, -0.15) is 0 Å². The highest BCUT2D eigenvalue weighted by Gasteiger charge is 2.12. The molecule has 0 aromatic heterocycles. The van der Waals surface area contributed by atoms with Gasteiger partial charge in [-0.05, 0) is 38.1 Å². The molecule has 106 valence electrons. The summed E-state index contributed by atoms with van der Waals surface area (Å²) in [4.78, 5) is 11.3. The van der Waals surface area contributed by atoms with Crippen LogP contribution in [0.1, 0.15) is 33.1 Å². The molecule has 1 N–H and O–H groups in total. The summed E-state index contributed by atoms with van der Waals surface area (Å²) in [5, 5.41) is 14.2. The standard InChI is InChI=1S/C14H22N2O2S/c1-3-15-12(2)8-6-7-11-19-14-10-5-4-9-13(14)16(17)18/h4-5,9-10,12,15H,3,6-8,11H2,1-2H3. The highest BCUT2D eigenvalue weighted by Crippen LogP contribution is 2.29. The van der Waals surface area contributed by atoms with E-state index in [2.05, 4.69) is 19.2 Å². The van der Waals surface area contributed by atoms with Crippen LogP contribution in [-0.2, 0) is 0 Å². The molecular weight excluding hydrogens is 260 g/mol. The summed E-state index contributed by atoms with van der Waals surface area (Å²) in [6, 6.07) is 7.50. The van der Waals surface area contributed by atoms with Crippen LogP contribution in [0.25, 0.3) is 0 Å². The predicted molar refractivity (Wildman–Crippen MR) is 80.8 cm³/mol. The highest BCUT2D eigenvalue weighted by atomic mass is 32.2. The predicted octanol–water partition coefficient (Wildman–Crippen LogP) is 3.86. The van der Waals surface area contributed by atoms with Crippen molar-refractivity contribution in [3.05, 3.63) is 34.4 Å². The molecule has 0 heterocycles. The zero-order valence-electron chi connectivity index (χ0n) is 11.6. The number of nitrogens with zero attached hydrogens (tertiary/aromatic N) is 1. The molecule has 0 amide bonds. The molecule has 5 heteroatoms. The second-order valence-corrected chi connectivity index (χ2v) is 5.66. The van der Waals surface area contributed by atoms with Crippen molar-refractivity contribution in [1.29, 1.82) is 0 Å². The quantitative estimate of drug-likeness (QED) is 0.323. The molecule has 0 fully saturated rings. The number of para-hydroxylation sites is 1. The molecule has 1 atom stereocenters. The van der Waals surface area contributed by atoms with Gasteiger partial charge in [0.25, 0.3) is 5.69 Å². The van der Waals surface area contributed by atoms with E-state index in [1.54, 1.807) is 23.9 Å². The van der Waals surface area contributed by atoms with Crippen molar-refractivity contribution in [3.63, 3.8) is 0 Å². The lowest BCUT2D eigenvalue weighted by atomic mass is 10.1. The van der Waals surface area contributed by atoms with Crippen molar-refractivity contribution < 1.29 is 4.92 Å². The maximum absolute atomic E-state index is 10.9. The van der Waals surface area contributed by atoms with Gasteiger partial charge in [-0.15, -0.1) is 11.8 Å². The van der Waals surface area contributed by atoms with E-state index in [9.17, 15) is 10.1 Å². The topological polar surface area (TPSA) is 55.2 Å². The van der Waals surface area contributed by atoms with Crippen LogP contribution in [0.15, 0.2) is 29.2 Å². The van der Waals surface area contributed by atoms with Crippen molar-refractivity contribution in [3.8, 4) is 0 Å². The van der Waals surface area contributed by atoms with Gasteiger partial charge in [-0.1, -0.05) is 25.5 Å². The van der Waals surface area contributed by atoms with Crippen molar-refractivity contribution in [1.82, 2.24) is 5.32 Å². The third-order valence-electron chi connectivity index (χ3n) is 2.90. The Balaban J connectivity index is 2.28. The first-order valence-electron chi connectivity index (χ1n) is 6.74. The number of nitro groups is 1. The Morgan fingerprint density at radius 2 is 2.11 bits per heavy atom. The Kier molecular flexibility index (Phi) is 7.52. The zero-order valence-corrected chi connectivity index (χ0v) is 12.4. The Morgan fingerprint density at radius 3 is 2.79 bits per heavy atom. The van der Waals surface area contributed by atoms with Crippen molar-refractivity contribution in [2.24, 2.45) is 0 Å². The Labute approximate surface area is 119 Å². The average molecular weight is 282 g/mol. The van der Waals surface area contributed by atoms with E-state index in [1.165, 1.54) is 0 Å². The van der Waals surface area contributed by atoms with Crippen LogP contribution in [0.4, 0.5) is 5.69 Å². The van der Waals surface area contributed by atoms with Gasteiger partial charge in [-0.3, -0.25) is 10.1 Å². The van der Waals surface area contributed by atoms with Gasteiger partial charge in [0, 0.05) is 12.1 Å². The molecule has 0 saturated carbocycles. The van der Waals surface area contributed by atoms with Crippen LogP contribution in [0.2, 0.25) is 0 Å². The molecule has 0 radical (unpaired) electrons. The number of nitro benzene ring substituents is 1. The van der Waals surface area contributed by atoms with E-state index < -0.39 is 0 Å². The number of unbranched alkanes of at least 4 members (excludes halogenated alkanes) is 1. The largest absolute Gasteiger partial charge is 0.315 e. The van der Waals surface area contributed by atoms with Crippen LogP contribution < -0.4 is 5.32 Å². The molecule has 1 rings (SSSR count). The normalized spacial score (nSPS) is 12.3. The minimum atomic E-state index is -0.310. The maximum atomic E-state index is 10.9. The van der Waals surface area contributed by atoms with Crippen LogP contribution in [0.3, 0.4) is 0 Å². The van der Waals surface area contributed by atoms with Crippen LogP contribution in [0.5, 0.6) is 0 Å². The molecular formula is C14H22N2O2S. The Bertz CT molecular complexity index is 399. The molecule has 19 heavy (non-hydrogen) atoms. The smallest absolute Gasteiger partial charge is 0.282 e. The summed E-state index contributed by atoms with van der Waals surface area (Å²) in [6.45, 7) is 5.31. The van der Waals surface area contributed by atoms with E-state index in [4.69, 9.17) is 0 Å². The van der Waals surface area contributed by atoms with Gasteiger partial charge >= 0.3 is 0 Å². The summed E-state index contributed by atoms with van der Waals surface area (Å²) in [6.07, 6.45) is 3.40. The van der Waals surface area contributed by atoms with Crippen LogP contribution in [0, 0.1) is 10.1 Å². The van der Waals surface area contributed by atoms with Gasteiger partial charge in [0.05, 0.1) is 9.82 Å². The first-order chi connectivity index (χ1) is 9.15. The number of benzene rings is 1. The second-order valence-electron chi connectivity index (χ2n) is 4.53. The fourth-order valence-corrected chi connectivity index (χ4v) is 2.95. The molecule has 0 aliphatic heterocycles. The van der Waals surface area contributed by atoms with E-state index in [1.807, 2.05) is 12.1 Å². The van der Waals surface area contributed by atoms with Gasteiger partial charge < -0.3 is 5.32 Å². The number of thioether (sulfide) groups is 1. The number of hydrogen-bond donors (Lipinski definition) is 1. The summed E-state index contributed by atoms with van der Waals surface area (Å²) in [5.74, 6) is 0.934. The molecule has 4 nitrogen and oxygen atoms in total. The highest BCUT2D eigenvalue weighted by molar-refractivity contribution is 7.99. The molecule has 1 unspecified atom stereocenters. The summed E-state index contributed by atoms with van der Waals surface area (Å²) in [7, 11) is 0. The van der Waals surface area contributed by atoms with Gasteiger partial charge in [0.1, 0.15) is 0 Å². The van der Waals surface area contributed by atoms with Gasteiger partial charge in [0.15, 0.2) is 0 Å². The van der Waals surface area contributed by atoms with Crippen molar-refractivity contribution in [2.45, 2.75) is 44.0 Å². The fourth-order valence-electron chi connectivity index (χ4n) is 1.92. The van der Waals surface area contributed by atoms with Gasteiger partial charge in [-0.25, -0.2) is 0 Å². The molecule has 0 aliphatic carbocycles. The summed E-state index contributed by atoms with van der Waals surface area (Å²) < 4.78 is 0. The molecule has 1 aromatic carbocycles. The fraction of sp³-hybridized carbons (Fsp3) is 0.571. The van der Waals surface area contributed by atoms with Crippen LogP contribution >= 0.6 is 11.8 Å². The molecule has 0 bridgehead atoms. The van der Waals surface area contributed by atoms with Crippen LogP contribution in [-0.4, -0.2) is 23.3 Å². The number of hydrogen-bond acceptors (Lipinski definition) is 4. The molecule has 0 spiro atoms. The molecule has 0 aliphatic rings. The maximum Gasteiger partial charge on any atom is 0.282 e. The minimum absolute atomic E-state index is 0.216. The second kappa shape index (κ2) is 8.93. The van der Waals surface area contributed by atoms with E-state index in [0.29, 0.717) is 6.04 Å². The number of rotatable bonds is 9. The monoisotopic (exact) mass is 282 g/mol. The SMILES string of the molecule is CCNC(C)CCCCSc1ccccc1[N+](=O)[O-]. The Morgan fingerprint density at radius 1 is 1.37 bits per heavy atom. The van der Waals surface area contributed by atoms with Crippen molar-refractivity contribution >= 4 is 17.4 Å². The lowest BCUT2D eigenvalue weighted by Crippen LogP contribution is -2.25. The third-order valence-corrected chi connectivity index (χ3v) is 4.05. The minimum Gasteiger partial charge on any atom is -0.315 e. The van der Waals surface area contributed by atoms with E-state index in [0.717, 1.165) is 36.5 Å². The van der Waals surface area contributed by atoms with Gasteiger partial charge in [0.2, 0.25) is 0 Å². The van der Waals surface area contributed by atoms with Crippen molar-refractivity contribution in [2.75, 3.05) is 12.3 Å². The van der Waals surface area contributed by atoms with E-state index >= 15 is 0 Å². The average Bonchev–Trinajstić information content (AvgIpc) is 2.39. The molecule has 0 saturated heterocycles. The number of nitrogens with one attached hydrogen (secondary N) is 1. The summed E-state index contributed by atoms with van der Waals surface area (Å²) >= 11 is 1.58. The lowest BCUT2D eigenvalue weighted by Gasteiger charge is -2.11. The summed E-state index contributed by atoms with van der Waals surface area (Å²) in [5.41, 5.74) is 0.216. The zero-order chi connectivity index (χ0) is 14.1. The first kappa shape index (κ1) is 16.0. The Hall–Kier alpha value is -1.07. The third kappa shape index (κ3) is 6.07. The van der Waals surface area contributed by atoms with E-state index in [-0.39, 0.29) is 10.6 Å². The molecule has 1 aromatic rings.